The summed E-state index contributed by atoms with van der Waals surface area (Å²) in [5.74, 6) is -0.858. The zero-order valence-corrected chi connectivity index (χ0v) is 25.5. The van der Waals surface area contributed by atoms with E-state index in [1.807, 2.05) is 52.8 Å². The van der Waals surface area contributed by atoms with Crippen LogP contribution < -0.4 is 9.62 Å². The van der Waals surface area contributed by atoms with Gasteiger partial charge in [0.05, 0.1) is 10.6 Å². The molecule has 0 saturated heterocycles. The first-order chi connectivity index (χ1) is 18.7. The van der Waals surface area contributed by atoms with Crippen molar-refractivity contribution in [2.24, 2.45) is 0 Å². The number of benzene rings is 3. The van der Waals surface area contributed by atoms with Gasteiger partial charge in [-0.05, 0) is 82.5 Å². The van der Waals surface area contributed by atoms with E-state index in [-0.39, 0.29) is 17.3 Å². The third-order valence-corrected chi connectivity index (χ3v) is 8.45. The molecule has 214 valence electrons. The lowest BCUT2D eigenvalue weighted by Crippen LogP contribution is -2.54. The average molecular weight is 584 g/mol. The van der Waals surface area contributed by atoms with Crippen LogP contribution in [0.4, 0.5) is 5.69 Å². The van der Waals surface area contributed by atoms with Gasteiger partial charge < -0.3 is 10.2 Å². The van der Waals surface area contributed by atoms with Crippen molar-refractivity contribution in [3.63, 3.8) is 0 Å². The van der Waals surface area contributed by atoms with Crippen LogP contribution in [-0.2, 0) is 32.6 Å². The van der Waals surface area contributed by atoms with Gasteiger partial charge in [-0.25, -0.2) is 8.42 Å². The molecule has 1 N–H and O–H groups in total. The minimum absolute atomic E-state index is 0.0754. The van der Waals surface area contributed by atoms with Crippen LogP contribution in [0.1, 0.15) is 51.3 Å². The summed E-state index contributed by atoms with van der Waals surface area (Å²) in [6, 6.07) is 19.8. The first kappa shape index (κ1) is 31.2. The molecule has 1 atom stereocenters. The highest BCUT2D eigenvalue weighted by molar-refractivity contribution is 7.92. The molecule has 9 heteroatoms. The lowest BCUT2D eigenvalue weighted by Gasteiger charge is -2.34. The molecule has 0 saturated carbocycles. The molecule has 0 spiro atoms. The molecule has 0 aliphatic carbocycles. The third kappa shape index (κ3) is 7.86. The Bertz CT molecular complexity index is 1450. The summed E-state index contributed by atoms with van der Waals surface area (Å²) in [7, 11) is -4.12. The smallest absolute Gasteiger partial charge is 0.264 e. The Balaban J connectivity index is 2.08. The number of aryl methyl sites for hydroxylation is 2. The van der Waals surface area contributed by atoms with E-state index in [9.17, 15) is 18.0 Å². The van der Waals surface area contributed by atoms with Gasteiger partial charge in [-0.2, -0.15) is 0 Å². The number of nitrogens with zero attached hydrogens (tertiary/aromatic N) is 2. The molecule has 0 fully saturated rings. The van der Waals surface area contributed by atoms with Crippen molar-refractivity contribution in [3.05, 3.63) is 94.5 Å². The lowest BCUT2D eigenvalue weighted by atomic mass is 10.1. The van der Waals surface area contributed by atoms with Gasteiger partial charge in [-0.3, -0.25) is 13.9 Å². The Morgan fingerprint density at radius 3 is 2.23 bits per heavy atom. The first-order valence-electron chi connectivity index (χ1n) is 13.3. The summed E-state index contributed by atoms with van der Waals surface area (Å²) in [4.78, 5) is 28.8. The molecule has 0 unspecified atom stereocenters. The normalized spacial score (nSPS) is 12.5. The highest BCUT2D eigenvalue weighted by atomic mass is 35.5. The highest BCUT2D eigenvalue weighted by Gasteiger charge is 2.34. The van der Waals surface area contributed by atoms with Gasteiger partial charge in [-0.1, -0.05) is 66.6 Å². The second-order valence-corrected chi connectivity index (χ2v) is 13.2. The van der Waals surface area contributed by atoms with E-state index in [1.54, 1.807) is 61.5 Å². The molecule has 0 heterocycles. The molecule has 0 aliphatic heterocycles. The van der Waals surface area contributed by atoms with Gasteiger partial charge in [0.2, 0.25) is 11.8 Å². The average Bonchev–Trinajstić information content (AvgIpc) is 2.89. The summed E-state index contributed by atoms with van der Waals surface area (Å²) in [6.45, 7) is 10.6. The van der Waals surface area contributed by atoms with Crippen LogP contribution in [0.3, 0.4) is 0 Å². The van der Waals surface area contributed by atoms with E-state index in [0.29, 0.717) is 17.1 Å². The number of carbonyl (C=O) groups excluding carboxylic acids is 2. The molecule has 7 nitrogen and oxygen atoms in total. The Hall–Kier alpha value is -3.36. The summed E-state index contributed by atoms with van der Waals surface area (Å²) in [5, 5.41) is 3.42. The molecular weight excluding hydrogens is 546 g/mol. The Morgan fingerprint density at radius 1 is 0.975 bits per heavy atom. The molecule has 2 amide bonds. The fraction of sp³-hybridized carbons (Fsp3) is 0.355. The fourth-order valence-corrected chi connectivity index (χ4v) is 5.96. The number of hydrogen-bond acceptors (Lipinski definition) is 4. The standard InChI is InChI=1S/C31H38ClN3O4S/c1-7-25-12-8-9-14-28(25)35(40(38,39)27-17-15-22(2)16-18-27)21-29(36)34(20-24-11-10-13-26(32)19-24)23(3)30(37)33-31(4,5)6/h8-19,23H,7,20-21H2,1-6H3,(H,33,37)/t23-/m0/s1. The van der Waals surface area contributed by atoms with Crippen LogP contribution in [-0.4, -0.2) is 43.3 Å². The van der Waals surface area contributed by atoms with E-state index in [0.717, 1.165) is 21.0 Å². The van der Waals surface area contributed by atoms with Crippen LogP contribution >= 0.6 is 11.6 Å². The quantitative estimate of drug-likeness (QED) is 0.330. The Labute approximate surface area is 243 Å². The van der Waals surface area contributed by atoms with Crippen molar-refractivity contribution in [2.45, 2.75) is 71.0 Å². The largest absolute Gasteiger partial charge is 0.350 e. The van der Waals surface area contributed by atoms with Gasteiger partial charge in [0.25, 0.3) is 10.0 Å². The number of anilines is 1. The monoisotopic (exact) mass is 583 g/mol. The number of para-hydroxylation sites is 1. The molecular formula is C31H38ClN3O4S. The maximum Gasteiger partial charge on any atom is 0.264 e. The first-order valence-corrected chi connectivity index (χ1v) is 15.1. The molecule has 0 bridgehead atoms. The number of nitrogens with one attached hydrogen (secondary N) is 1. The summed E-state index contributed by atoms with van der Waals surface area (Å²) >= 11 is 6.20. The van der Waals surface area contributed by atoms with Crippen LogP contribution in [0.25, 0.3) is 0 Å². The van der Waals surface area contributed by atoms with Crippen molar-refractivity contribution < 1.29 is 18.0 Å². The van der Waals surface area contributed by atoms with Crippen molar-refractivity contribution in [2.75, 3.05) is 10.8 Å². The van der Waals surface area contributed by atoms with E-state index < -0.39 is 34.1 Å². The predicted octanol–water partition coefficient (Wildman–Crippen LogP) is 5.74. The topological polar surface area (TPSA) is 86.8 Å². The van der Waals surface area contributed by atoms with Crippen LogP contribution in [0.15, 0.2) is 77.7 Å². The zero-order valence-electron chi connectivity index (χ0n) is 23.9. The van der Waals surface area contributed by atoms with Gasteiger partial charge in [0.1, 0.15) is 12.6 Å². The molecule has 3 rings (SSSR count). The van der Waals surface area contributed by atoms with Crippen molar-refractivity contribution >= 4 is 39.1 Å². The second-order valence-electron chi connectivity index (χ2n) is 10.9. The van der Waals surface area contributed by atoms with Crippen molar-refractivity contribution in [1.29, 1.82) is 0 Å². The fourth-order valence-electron chi connectivity index (χ4n) is 4.29. The van der Waals surface area contributed by atoms with Crippen LogP contribution in [0.2, 0.25) is 5.02 Å². The maximum atomic E-state index is 14.1. The number of rotatable bonds is 10. The van der Waals surface area contributed by atoms with Gasteiger partial charge in [0, 0.05) is 17.1 Å². The highest BCUT2D eigenvalue weighted by Crippen LogP contribution is 2.28. The summed E-state index contributed by atoms with van der Waals surface area (Å²) in [5.41, 5.74) is 2.33. The number of hydrogen-bond donors (Lipinski definition) is 1. The molecule has 0 radical (unpaired) electrons. The van der Waals surface area contributed by atoms with Crippen molar-refractivity contribution in [1.82, 2.24) is 10.2 Å². The van der Waals surface area contributed by atoms with Crippen LogP contribution in [0.5, 0.6) is 0 Å². The van der Waals surface area contributed by atoms with Gasteiger partial charge >= 0.3 is 0 Å². The Morgan fingerprint density at radius 2 is 1.62 bits per heavy atom. The number of halogens is 1. The lowest BCUT2D eigenvalue weighted by molar-refractivity contribution is -0.140. The number of amides is 2. The van der Waals surface area contributed by atoms with E-state index in [2.05, 4.69) is 5.32 Å². The van der Waals surface area contributed by atoms with E-state index in [4.69, 9.17) is 11.6 Å². The zero-order chi connectivity index (χ0) is 29.7. The molecule has 40 heavy (non-hydrogen) atoms. The second kappa shape index (κ2) is 12.9. The molecule has 0 aliphatic rings. The van der Waals surface area contributed by atoms with Crippen LogP contribution in [0, 0.1) is 6.92 Å². The van der Waals surface area contributed by atoms with E-state index >= 15 is 0 Å². The number of sulfonamides is 1. The summed E-state index contributed by atoms with van der Waals surface area (Å²) in [6.07, 6.45) is 0.570. The maximum absolute atomic E-state index is 14.1. The van der Waals surface area contributed by atoms with Crippen molar-refractivity contribution in [3.8, 4) is 0 Å². The predicted molar refractivity (Wildman–Crippen MR) is 161 cm³/mol. The SMILES string of the molecule is CCc1ccccc1N(CC(=O)N(Cc1cccc(Cl)c1)[C@@H](C)C(=O)NC(C)(C)C)S(=O)(=O)c1ccc(C)cc1. The minimum Gasteiger partial charge on any atom is -0.350 e. The molecule has 3 aromatic rings. The third-order valence-electron chi connectivity index (χ3n) is 6.44. The van der Waals surface area contributed by atoms with E-state index in [1.165, 1.54) is 4.90 Å². The molecule has 3 aromatic carbocycles. The molecule has 0 aromatic heterocycles. The Kier molecular flexibility index (Phi) is 10.0. The number of carbonyl (C=O) groups is 2. The van der Waals surface area contributed by atoms with Gasteiger partial charge in [-0.15, -0.1) is 0 Å². The minimum atomic E-state index is -4.12. The summed E-state index contributed by atoms with van der Waals surface area (Å²) < 4.78 is 29.2. The van der Waals surface area contributed by atoms with Gasteiger partial charge in [0.15, 0.2) is 0 Å².